The van der Waals surface area contributed by atoms with E-state index in [0.29, 0.717) is 0 Å². The number of anilines is 1. The number of rotatable bonds is 6. The van der Waals surface area contributed by atoms with E-state index in [0.717, 1.165) is 73.0 Å². The van der Waals surface area contributed by atoms with E-state index in [-0.39, 0.29) is 11.9 Å². The molecule has 6 aromatic rings. The van der Waals surface area contributed by atoms with Crippen molar-refractivity contribution in [1.82, 2.24) is 19.4 Å². The van der Waals surface area contributed by atoms with Crippen molar-refractivity contribution in [2.45, 2.75) is 19.0 Å². The van der Waals surface area contributed by atoms with Crippen LogP contribution in [0.1, 0.15) is 37.3 Å². The molecule has 2 aromatic heterocycles. The number of hydrogen-bond donors (Lipinski definition) is 0. The number of amides is 1. The number of para-hydroxylation sites is 2. The van der Waals surface area contributed by atoms with Gasteiger partial charge in [0.15, 0.2) is 0 Å². The van der Waals surface area contributed by atoms with E-state index >= 15 is 0 Å². The fraction of sp³-hybridized carbons (Fsp3) is 0.231. The zero-order chi connectivity index (χ0) is 31.0. The fourth-order valence-electron chi connectivity index (χ4n) is 7.13. The molecule has 1 amide bonds. The predicted octanol–water partition coefficient (Wildman–Crippen LogP) is 7.41. The van der Waals surface area contributed by atoms with Crippen LogP contribution in [0.2, 0.25) is 0 Å². The first kappa shape index (κ1) is 28.7. The molecule has 4 heterocycles. The van der Waals surface area contributed by atoms with Crippen LogP contribution >= 0.6 is 11.3 Å². The van der Waals surface area contributed by atoms with Crippen molar-refractivity contribution in [3.8, 4) is 11.4 Å². The quantitative estimate of drug-likeness (QED) is 0.194. The highest BCUT2D eigenvalue weighted by atomic mass is 32.1. The van der Waals surface area contributed by atoms with Gasteiger partial charge in [0.05, 0.1) is 22.0 Å². The van der Waals surface area contributed by atoms with Gasteiger partial charge in [0.1, 0.15) is 5.82 Å². The second-order valence-electron chi connectivity index (χ2n) is 12.3. The number of aromatic nitrogens is 2. The van der Waals surface area contributed by atoms with Crippen molar-refractivity contribution in [2.75, 3.05) is 37.6 Å². The summed E-state index contributed by atoms with van der Waals surface area (Å²) in [6.07, 6.45) is 0.952. The maximum absolute atomic E-state index is 13.8. The van der Waals surface area contributed by atoms with Crippen LogP contribution in [0.5, 0.6) is 0 Å². The van der Waals surface area contributed by atoms with Gasteiger partial charge < -0.3 is 14.4 Å². The molecule has 0 N–H and O–H groups in total. The molecule has 0 unspecified atom stereocenters. The van der Waals surface area contributed by atoms with E-state index in [1.807, 2.05) is 6.07 Å². The van der Waals surface area contributed by atoms with Gasteiger partial charge in [0, 0.05) is 62.4 Å². The summed E-state index contributed by atoms with van der Waals surface area (Å²) in [4.78, 5) is 27.9. The Labute approximate surface area is 274 Å². The molecule has 2 aliphatic rings. The molecular weight excluding hydrogens is 587 g/mol. The highest BCUT2D eigenvalue weighted by molar-refractivity contribution is 7.14. The zero-order valence-corrected chi connectivity index (χ0v) is 26.9. The molecule has 8 rings (SSSR count). The molecule has 4 aromatic carbocycles. The van der Waals surface area contributed by atoms with Gasteiger partial charge in [-0.2, -0.15) is 0 Å². The lowest BCUT2D eigenvalue weighted by Crippen LogP contribution is -2.49. The average Bonchev–Trinajstić information content (AvgIpc) is 3.70. The van der Waals surface area contributed by atoms with E-state index in [1.165, 1.54) is 27.3 Å². The highest BCUT2D eigenvalue weighted by Gasteiger charge is 2.30. The van der Waals surface area contributed by atoms with Gasteiger partial charge >= 0.3 is 0 Å². The summed E-state index contributed by atoms with van der Waals surface area (Å²) in [6, 6.07) is 40.8. The second-order valence-corrected chi connectivity index (χ2v) is 13.5. The lowest BCUT2D eigenvalue weighted by atomic mass is 9.96. The van der Waals surface area contributed by atoms with Crippen molar-refractivity contribution in [1.29, 1.82) is 0 Å². The van der Waals surface area contributed by atoms with Gasteiger partial charge in [-0.1, -0.05) is 84.9 Å². The Bertz CT molecular complexity index is 1950. The maximum Gasteiger partial charge on any atom is 0.264 e. The van der Waals surface area contributed by atoms with Crippen LogP contribution in [0, 0.1) is 0 Å². The Balaban J connectivity index is 0.958. The maximum atomic E-state index is 13.8. The molecule has 1 saturated heterocycles. The van der Waals surface area contributed by atoms with Crippen LogP contribution in [0.3, 0.4) is 0 Å². The Morgan fingerprint density at radius 3 is 2.17 bits per heavy atom. The molecule has 2 aliphatic heterocycles. The smallest absolute Gasteiger partial charge is 0.264 e. The molecule has 6 nitrogen and oxygen atoms in total. The third kappa shape index (κ3) is 5.40. The van der Waals surface area contributed by atoms with Gasteiger partial charge in [0.25, 0.3) is 5.91 Å². The molecule has 46 heavy (non-hydrogen) atoms. The summed E-state index contributed by atoms with van der Waals surface area (Å²) in [5.74, 6) is 1.15. The van der Waals surface area contributed by atoms with Crippen molar-refractivity contribution < 1.29 is 4.79 Å². The molecular formula is C39H37N5OS. The number of thiophene rings is 1. The van der Waals surface area contributed by atoms with Gasteiger partial charge in [-0.15, -0.1) is 11.3 Å². The molecule has 0 atom stereocenters. The third-order valence-corrected chi connectivity index (χ3v) is 10.8. The average molecular weight is 624 g/mol. The van der Waals surface area contributed by atoms with E-state index in [9.17, 15) is 4.79 Å². The Kier molecular flexibility index (Phi) is 7.64. The number of hydrogen-bond acceptors (Lipinski definition) is 5. The Morgan fingerprint density at radius 1 is 0.761 bits per heavy atom. The largest absolute Gasteiger partial charge is 0.367 e. The minimum absolute atomic E-state index is 0.172. The number of carbonyl (C=O) groups excluding carboxylic acids is 1. The fourth-order valence-corrected chi connectivity index (χ4v) is 8.26. The van der Waals surface area contributed by atoms with Gasteiger partial charge in [0.2, 0.25) is 0 Å². The van der Waals surface area contributed by atoms with E-state index in [4.69, 9.17) is 4.98 Å². The summed E-state index contributed by atoms with van der Waals surface area (Å²) in [5, 5.41) is 0. The first-order chi connectivity index (χ1) is 22.6. The van der Waals surface area contributed by atoms with Gasteiger partial charge in [-0.05, 0) is 53.4 Å². The highest BCUT2D eigenvalue weighted by Crippen LogP contribution is 2.34. The van der Waals surface area contributed by atoms with Gasteiger partial charge in [-0.25, -0.2) is 4.98 Å². The SMILES string of the molecule is Cn1c(-c2cccc(N3CCc4sc(C(=O)N5CCN(C(c6ccccc6)c6ccccc6)CC5)cc4C3)c2)nc2ccccc21. The second kappa shape index (κ2) is 12.2. The molecule has 7 heteroatoms. The molecule has 0 spiro atoms. The standard InChI is InChI=1S/C39H37N5OS/c1-41-34-18-9-8-17-33(34)40-38(41)30-15-10-16-32(25-30)44-20-19-35-31(27-44)26-36(46-35)39(45)43-23-21-42(22-24-43)37(28-11-4-2-5-12-28)29-13-6-3-7-14-29/h2-18,25-26,37H,19-24,27H2,1H3. The lowest BCUT2D eigenvalue weighted by Gasteiger charge is -2.39. The number of carbonyl (C=O) groups is 1. The van der Waals surface area contributed by atoms with E-state index < -0.39 is 0 Å². The summed E-state index contributed by atoms with van der Waals surface area (Å²) < 4.78 is 2.17. The number of imidazole rings is 1. The van der Waals surface area contributed by atoms with Crippen LogP contribution in [-0.2, 0) is 20.0 Å². The van der Waals surface area contributed by atoms with Gasteiger partial charge in [-0.3, -0.25) is 9.69 Å². The first-order valence-electron chi connectivity index (χ1n) is 16.1. The summed E-state index contributed by atoms with van der Waals surface area (Å²) in [5.41, 5.74) is 8.32. The molecule has 0 bridgehead atoms. The lowest BCUT2D eigenvalue weighted by molar-refractivity contribution is 0.0602. The minimum atomic E-state index is 0.172. The number of piperazine rings is 1. The van der Waals surface area contributed by atoms with Crippen LogP contribution < -0.4 is 4.90 Å². The van der Waals surface area contributed by atoms with Crippen molar-refractivity contribution in [3.05, 3.63) is 142 Å². The van der Waals surface area contributed by atoms with Crippen LogP contribution in [-0.4, -0.2) is 58.0 Å². The Morgan fingerprint density at radius 2 is 1.46 bits per heavy atom. The third-order valence-electron chi connectivity index (χ3n) is 9.53. The number of fused-ring (bicyclic) bond motifs is 2. The first-order valence-corrected chi connectivity index (χ1v) is 17.0. The van der Waals surface area contributed by atoms with Crippen molar-refractivity contribution >= 4 is 34.0 Å². The summed E-state index contributed by atoms with van der Waals surface area (Å²) in [6.45, 7) is 4.92. The van der Waals surface area contributed by atoms with Crippen LogP contribution in [0.15, 0.2) is 115 Å². The monoisotopic (exact) mass is 623 g/mol. The number of aryl methyl sites for hydroxylation is 1. The van der Waals surface area contributed by atoms with Crippen molar-refractivity contribution in [2.24, 2.45) is 7.05 Å². The summed E-state index contributed by atoms with van der Waals surface area (Å²) in [7, 11) is 2.08. The molecule has 230 valence electrons. The van der Waals surface area contributed by atoms with E-state index in [2.05, 4.69) is 136 Å². The van der Waals surface area contributed by atoms with E-state index in [1.54, 1.807) is 11.3 Å². The molecule has 0 aliphatic carbocycles. The predicted molar refractivity (Wildman–Crippen MR) is 187 cm³/mol. The van der Waals surface area contributed by atoms with Crippen LogP contribution in [0.25, 0.3) is 22.4 Å². The molecule has 1 fully saturated rings. The Hall–Kier alpha value is -4.72. The summed E-state index contributed by atoms with van der Waals surface area (Å²) >= 11 is 1.69. The number of nitrogens with zero attached hydrogens (tertiary/aromatic N) is 5. The number of benzene rings is 4. The molecule has 0 radical (unpaired) electrons. The normalized spacial score (nSPS) is 15.4. The van der Waals surface area contributed by atoms with Crippen molar-refractivity contribution in [3.63, 3.8) is 0 Å². The topological polar surface area (TPSA) is 44.6 Å². The zero-order valence-electron chi connectivity index (χ0n) is 26.0. The van der Waals surface area contributed by atoms with Crippen LogP contribution in [0.4, 0.5) is 5.69 Å². The minimum Gasteiger partial charge on any atom is -0.367 e. The molecule has 0 saturated carbocycles.